The van der Waals surface area contributed by atoms with Crippen molar-refractivity contribution in [1.29, 1.82) is 0 Å². The van der Waals surface area contributed by atoms with Crippen molar-refractivity contribution in [3.8, 4) is 23.0 Å². The molecule has 0 aliphatic heterocycles. The third-order valence-corrected chi connectivity index (χ3v) is 5.16. The van der Waals surface area contributed by atoms with Gasteiger partial charge in [-0.3, -0.25) is 0 Å². The summed E-state index contributed by atoms with van der Waals surface area (Å²) in [7, 11) is 0. The van der Waals surface area contributed by atoms with Crippen LogP contribution >= 0.6 is 0 Å². The maximum absolute atomic E-state index is 12.8. The molecule has 0 atom stereocenters. The molecule has 42 heavy (non-hydrogen) atoms. The molecule has 0 amide bonds. The normalized spacial score (nSPS) is 12.3. The topological polar surface area (TPSA) is 18.5 Å². The quantitative estimate of drug-likeness (QED) is 0.214. The largest absolute Gasteiger partial charge is 0.457 e. The van der Waals surface area contributed by atoms with Crippen molar-refractivity contribution < 1.29 is 62.2 Å². The molecule has 0 saturated heterocycles. The summed E-state index contributed by atoms with van der Waals surface area (Å²) in [5.41, 5.74) is -4.15. The summed E-state index contributed by atoms with van der Waals surface area (Å²) < 4.78 is 162. The van der Waals surface area contributed by atoms with Crippen LogP contribution in [0.2, 0.25) is 0 Å². The van der Waals surface area contributed by atoms with E-state index < -0.39 is 58.5 Å². The van der Waals surface area contributed by atoms with Crippen LogP contribution in [0.25, 0.3) is 0 Å². The van der Waals surface area contributed by atoms with E-state index in [-0.39, 0.29) is 11.5 Å². The minimum absolute atomic E-state index is 0.191. The van der Waals surface area contributed by atoms with Crippen molar-refractivity contribution in [3.05, 3.63) is 119 Å². The fourth-order valence-electron chi connectivity index (χ4n) is 3.31. The van der Waals surface area contributed by atoms with Gasteiger partial charge in [-0.2, -0.15) is 52.7 Å². The van der Waals surface area contributed by atoms with Crippen LogP contribution in [-0.4, -0.2) is 0 Å². The minimum atomic E-state index is -4.72. The average Bonchev–Trinajstić information content (AvgIpc) is 2.88. The molecular weight excluding hydrogens is 596 g/mol. The molecule has 0 spiro atoms. The molecular formula is C28H16F12O2. The van der Waals surface area contributed by atoms with Gasteiger partial charge in [-0.05, 0) is 60.7 Å². The molecule has 4 aromatic carbocycles. The van der Waals surface area contributed by atoms with Gasteiger partial charge in [0.05, 0.1) is 22.3 Å². The van der Waals surface area contributed by atoms with E-state index >= 15 is 0 Å². The fourth-order valence-corrected chi connectivity index (χ4v) is 3.31. The van der Waals surface area contributed by atoms with Crippen LogP contribution in [0.5, 0.6) is 23.0 Å². The van der Waals surface area contributed by atoms with Gasteiger partial charge in [0.1, 0.15) is 23.0 Å². The second kappa shape index (κ2) is 12.2. The zero-order valence-corrected chi connectivity index (χ0v) is 20.6. The van der Waals surface area contributed by atoms with Gasteiger partial charge in [0.2, 0.25) is 0 Å². The van der Waals surface area contributed by atoms with E-state index in [1.807, 2.05) is 0 Å². The van der Waals surface area contributed by atoms with Crippen molar-refractivity contribution in [1.82, 2.24) is 0 Å². The zero-order chi connectivity index (χ0) is 31.3. The Morgan fingerprint density at radius 1 is 0.357 bits per heavy atom. The Balaban J connectivity index is 0.000000230. The molecule has 224 valence electrons. The first-order valence-electron chi connectivity index (χ1n) is 11.4. The van der Waals surface area contributed by atoms with Crippen molar-refractivity contribution >= 4 is 0 Å². The van der Waals surface area contributed by atoms with E-state index in [0.29, 0.717) is 0 Å². The standard InChI is InChI=1S/2C14H8F6O/c15-13(16,17)9-3-1-5-11(7-9)21-12-6-2-4-10(8-12)14(18,19)20;15-13(16,17)9-5-1-3-7-11(9)21-12-8-4-2-6-10(12)14(18,19)20/h2*1-8H. The Labute approximate surface area is 229 Å². The van der Waals surface area contributed by atoms with Crippen molar-refractivity contribution in [2.45, 2.75) is 24.7 Å². The molecule has 14 heteroatoms. The average molecular weight is 612 g/mol. The molecule has 0 fully saturated rings. The van der Waals surface area contributed by atoms with Gasteiger partial charge in [0.15, 0.2) is 0 Å². The monoisotopic (exact) mass is 612 g/mol. The van der Waals surface area contributed by atoms with E-state index in [9.17, 15) is 52.7 Å². The number of hydrogen-bond donors (Lipinski definition) is 0. The summed E-state index contributed by atoms with van der Waals surface area (Å²) in [4.78, 5) is 0. The first kappa shape index (κ1) is 32.2. The number of para-hydroxylation sites is 2. The van der Waals surface area contributed by atoms with Crippen LogP contribution in [0.1, 0.15) is 22.3 Å². The first-order valence-corrected chi connectivity index (χ1v) is 11.4. The van der Waals surface area contributed by atoms with E-state index in [1.54, 1.807) is 0 Å². The molecule has 0 aliphatic rings. The Morgan fingerprint density at radius 3 is 1.05 bits per heavy atom. The maximum atomic E-state index is 12.8. The van der Waals surface area contributed by atoms with Crippen LogP contribution in [0, 0.1) is 0 Å². The van der Waals surface area contributed by atoms with Crippen molar-refractivity contribution in [2.75, 3.05) is 0 Å². The van der Waals surface area contributed by atoms with Crippen LogP contribution in [0.15, 0.2) is 97.1 Å². The smallest absolute Gasteiger partial charge is 0.419 e. The van der Waals surface area contributed by atoms with Crippen LogP contribution in [0.3, 0.4) is 0 Å². The zero-order valence-electron chi connectivity index (χ0n) is 20.6. The Hall–Kier alpha value is -4.36. The number of hydrogen-bond acceptors (Lipinski definition) is 2. The molecule has 0 unspecified atom stereocenters. The molecule has 0 radical (unpaired) electrons. The highest BCUT2D eigenvalue weighted by atomic mass is 19.4. The number of halogens is 12. The Kier molecular flexibility index (Phi) is 9.38. The predicted molar refractivity (Wildman–Crippen MR) is 126 cm³/mol. The lowest BCUT2D eigenvalue weighted by atomic mass is 10.1. The highest BCUT2D eigenvalue weighted by Crippen LogP contribution is 2.42. The van der Waals surface area contributed by atoms with E-state index in [0.717, 1.165) is 72.8 Å². The van der Waals surface area contributed by atoms with Crippen molar-refractivity contribution in [2.24, 2.45) is 0 Å². The maximum Gasteiger partial charge on any atom is 0.419 e. The highest BCUT2D eigenvalue weighted by molar-refractivity contribution is 5.43. The summed E-state index contributed by atoms with van der Waals surface area (Å²) in [5.74, 6) is -1.74. The summed E-state index contributed by atoms with van der Waals surface area (Å²) in [6.07, 6.45) is -18.5. The van der Waals surface area contributed by atoms with E-state index in [4.69, 9.17) is 9.47 Å². The molecule has 4 aromatic rings. The molecule has 2 nitrogen and oxygen atoms in total. The summed E-state index contributed by atoms with van der Waals surface area (Å²) >= 11 is 0. The third kappa shape index (κ3) is 8.82. The highest BCUT2D eigenvalue weighted by Gasteiger charge is 2.37. The van der Waals surface area contributed by atoms with E-state index in [2.05, 4.69) is 0 Å². The number of benzene rings is 4. The SMILES string of the molecule is FC(F)(F)c1cccc(Oc2cccc(C(F)(F)F)c2)c1.FC(F)(F)c1ccccc1Oc1ccccc1C(F)(F)F. The second-order valence-corrected chi connectivity index (χ2v) is 8.24. The molecule has 0 saturated carbocycles. The molecule has 0 aromatic heterocycles. The second-order valence-electron chi connectivity index (χ2n) is 8.24. The van der Waals surface area contributed by atoms with Crippen LogP contribution in [-0.2, 0) is 24.7 Å². The van der Waals surface area contributed by atoms with Gasteiger partial charge < -0.3 is 9.47 Å². The van der Waals surface area contributed by atoms with Gasteiger partial charge in [-0.1, -0.05) is 36.4 Å². The molecule has 0 aliphatic carbocycles. The lowest BCUT2D eigenvalue weighted by Crippen LogP contribution is -2.09. The minimum Gasteiger partial charge on any atom is -0.457 e. The summed E-state index contributed by atoms with van der Waals surface area (Å²) in [6.45, 7) is 0. The van der Waals surface area contributed by atoms with Crippen LogP contribution in [0.4, 0.5) is 52.7 Å². The molecule has 4 rings (SSSR count). The van der Waals surface area contributed by atoms with Gasteiger partial charge in [-0.25, -0.2) is 0 Å². The fraction of sp³-hybridized carbons (Fsp3) is 0.143. The lowest BCUT2D eigenvalue weighted by Gasteiger charge is -2.16. The summed E-state index contributed by atoms with van der Waals surface area (Å²) in [6, 6.07) is 16.0. The molecule has 0 bridgehead atoms. The predicted octanol–water partition coefficient (Wildman–Crippen LogP) is 11.0. The lowest BCUT2D eigenvalue weighted by molar-refractivity contribution is -0.140. The number of rotatable bonds is 4. The third-order valence-electron chi connectivity index (χ3n) is 5.16. The molecule has 0 N–H and O–H groups in total. The number of ether oxygens (including phenoxy) is 2. The van der Waals surface area contributed by atoms with E-state index in [1.165, 1.54) is 24.3 Å². The first-order chi connectivity index (χ1) is 19.4. The number of alkyl halides is 12. The van der Waals surface area contributed by atoms with Crippen molar-refractivity contribution in [3.63, 3.8) is 0 Å². The Morgan fingerprint density at radius 2 is 0.714 bits per heavy atom. The van der Waals surface area contributed by atoms with Gasteiger partial charge in [-0.15, -0.1) is 0 Å². The van der Waals surface area contributed by atoms with Gasteiger partial charge >= 0.3 is 24.7 Å². The summed E-state index contributed by atoms with van der Waals surface area (Å²) in [5, 5.41) is 0. The Bertz CT molecular complexity index is 1370. The van der Waals surface area contributed by atoms with Crippen LogP contribution < -0.4 is 9.47 Å². The van der Waals surface area contributed by atoms with Gasteiger partial charge in [0, 0.05) is 0 Å². The van der Waals surface area contributed by atoms with Gasteiger partial charge in [0.25, 0.3) is 0 Å². The molecule has 0 heterocycles.